The molecule has 3 aromatic rings. The smallest absolute Gasteiger partial charge is 0.331 e. The summed E-state index contributed by atoms with van der Waals surface area (Å²) >= 11 is 0. The van der Waals surface area contributed by atoms with Gasteiger partial charge in [-0.15, -0.1) is 0 Å². The number of hydrogen-bond acceptors (Lipinski definition) is 5. The van der Waals surface area contributed by atoms with Crippen molar-refractivity contribution >= 4 is 34.7 Å². The zero-order valence-corrected chi connectivity index (χ0v) is 13.8. The number of oxazole rings is 1. The number of nitrogens with one attached hydrogen (secondary N) is 1. The Hall–Kier alpha value is -3.48. The van der Waals surface area contributed by atoms with Crippen molar-refractivity contribution in [3.05, 3.63) is 66.3 Å². The highest BCUT2D eigenvalue weighted by Gasteiger charge is 2.16. The van der Waals surface area contributed by atoms with E-state index < -0.39 is 23.8 Å². The lowest BCUT2D eigenvalue weighted by Gasteiger charge is -2.12. The molecule has 0 radical (unpaired) electrons. The molecule has 0 aliphatic rings. The fourth-order valence-electron chi connectivity index (χ4n) is 2.14. The SMILES string of the molecule is C[C@@H](OC(=O)/C=C/c1nc2ccccc2o1)C(=O)Nc1ccc(F)cc1. The van der Waals surface area contributed by atoms with Gasteiger partial charge in [-0.05, 0) is 43.3 Å². The van der Waals surface area contributed by atoms with Gasteiger partial charge in [0.25, 0.3) is 5.91 Å². The molecule has 1 amide bonds. The molecule has 1 N–H and O–H groups in total. The van der Waals surface area contributed by atoms with Gasteiger partial charge in [0, 0.05) is 17.8 Å². The molecule has 1 atom stereocenters. The molecule has 2 aromatic carbocycles. The summed E-state index contributed by atoms with van der Waals surface area (Å²) in [5.41, 5.74) is 1.68. The molecule has 0 saturated heterocycles. The number of aromatic nitrogens is 1. The Kier molecular flexibility index (Phi) is 5.07. The largest absolute Gasteiger partial charge is 0.449 e. The van der Waals surface area contributed by atoms with Crippen LogP contribution in [0.2, 0.25) is 0 Å². The first-order valence-corrected chi connectivity index (χ1v) is 7.82. The molecule has 1 heterocycles. The Morgan fingerprint density at radius 1 is 1.19 bits per heavy atom. The molecule has 6 nitrogen and oxygen atoms in total. The van der Waals surface area contributed by atoms with Gasteiger partial charge >= 0.3 is 5.97 Å². The lowest BCUT2D eigenvalue weighted by Crippen LogP contribution is -2.29. The molecule has 0 aliphatic carbocycles. The van der Waals surface area contributed by atoms with Crippen molar-refractivity contribution in [3.63, 3.8) is 0 Å². The fourth-order valence-corrected chi connectivity index (χ4v) is 2.14. The van der Waals surface area contributed by atoms with Gasteiger partial charge in [0.05, 0.1) is 0 Å². The molecule has 0 saturated carbocycles. The zero-order valence-electron chi connectivity index (χ0n) is 13.8. The topological polar surface area (TPSA) is 81.4 Å². The van der Waals surface area contributed by atoms with Crippen LogP contribution in [0.1, 0.15) is 12.8 Å². The molecule has 1 aromatic heterocycles. The van der Waals surface area contributed by atoms with E-state index in [1.807, 2.05) is 12.1 Å². The van der Waals surface area contributed by atoms with Crippen LogP contribution in [-0.4, -0.2) is 23.0 Å². The second kappa shape index (κ2) is 7.60. The number of nitrogens with zero attached hydrogens (tertiary/aromatic N) is 1. The van der Waals surface area contributed by atoms with Gasteiger partial charge < -0.3 is 14.5 Å². The summed E-state index contributed by atoms with van der Waals surface area (Å²) in [6, 6.07) is 12.5. The number of carbonyl (C=O) groups excluding carboxylic acids is 2. The van der Waals surface area contributed by atoms with Crippen molar-refractivity contribution in [1.82, 2.24) is 4.98 Å². The van der Waals surface area contributed by atoms with E-state index >= 15 is 0 Å². The Bertz CT molecular complexity index is 930. The summed E-state index contributed by atoms with van der Waals surface area (Å²) in [5, 5.41) is 2.53. The summed E-state index contributed by atoms with van der Waals surface area (Å²) in [6.45, 7) is 1.43. The number of amides is 1. The van der Waals surface area contributed by atoms with Crippen molar-refractivity contribution in [3.8, 4) is 0 Å². The Labute approximate surface area is 148 Å². The molecule has 0 unspecified atom stereocenters. The van der Waals surface area contributed by atoms with E-state index in [2.05, 4.69) is 10.3 Å². The average Bonchev–Trinajstić information content (AvgIpc) is 3.05. The van der Waals surface area contributed by atoms with Gasteiger partial charge in [-0.2, -0.15) is 0 Å². The maximum Gasteiger partial charge on any atom is 0.331 e. The van der Waals surface area contributed by atoms with E-state index in [1.54, 1.807) is 12.1 Å². The summed E-state index contributed by atoms with van der Waals surface area (Å²) in [6.07, 6.45) is 1.47. The van der Waals surface area contributed by atoms with Crippen molar-refractivity contribution in [1.29, 1.82) is 0 Å². The second-order valence-corrected chi connectivity index (χ2v) is 5.43. The normalized spacial score (nSPS) is 12.2. The van der Waals surface area contributed by atoms with E-state index in [0.29, 0.717) is 16.8 Å². The van der Waals surface area contributed by atoms with Crippen LogP contribution >= 0.6 is 0 Å². The van der Waals surface area contributed by atoms with Crippen LogP contribution in [0.25, 0.3) is 17.2 Å². The molecule has 3 rings (SSSR count). The van der Waals surface area contributed by atoms with E-state index in [9.17, 15) is 14.0 Å². The summed E-state index contributed by atoms with van der Waals surface area (Å²) in [4.78, 5) is 28.0. The van der Waals surface area contributed by atoms with Crippen LogP contribution in [-0.2, 0) is 14.3 Å². The van der Waals surface area contributed by atoms with E-state index in [-0.39, 0.29) is 5.89 Å². The summed E-state index contributed by atoms with van der Waals surface area (Å²) in [7, 11) is 0. The van der Waals surface area contributed by atoms with Crippen LogP contribution in [0.3, 0.4) is 0 Å². The monoisotopic (exact) mass is 354 g/mol. The molecule has 0 bridgehead atoms. The average molecular weight is 354 g/mol. The third-order valence-corrected chi connectivity index (χ3v) is 3.45. The molecule has 132 valence electrons. The fraction of sp³-hybridized carbons (Fsp3) is 0.105. The predicted molar refractivity (Wildman–Crippen MR) is 93.6 cm³/mol. The minimum Gasteiger partial charge on any atom is -0.449 e. The van der Waals surface area contributed by atoms with Crippen molar-refractivity contribution in [2.75, 3.05) is 5.32 Å². The minimum atomic E-state index is -1.03. The molecule has 0 fully saturated rings. The number of para-hydroxylation sites is 2. The van der Waals surface area contributed by atoms with Gasteiger partial charge in [-0.1, -0.05) is 12.1 Å². The summed E-state index contributed by atoms with van der Waals surface area (Å²) in [5.74, 6) is -1.40. The van der Waals surface area contributed by atoms with Crippen LogP contribution in [0.15, 0.2) is 59.0 Å². The quantitative estimate of drug-likeness (QED) is 0.560. The van der Waals surface area contributed by atoms with Gasteiger partial charge in [0.2, 0.25) is 5.89 Å². The Morgan fingerprint density at radius 3 is 2.65 bits per heavy atom. The first-order chi connectivity index (χ1) is 12.5. The molecule has 26 heavy (non-hydrogen) atoms. The van der Waals surface area contributed by atoms with Crippen molar-refractivity contribution in [2.45, 2.75) is 13.0 Å². The molecule has 0 spiro atoms. The maximum atomic E-state index is 12.8. The number of hydrogen-bond donors (Lipinski definition) is 1. The number of fused-ring (bicyclic) bond motifs is 1. The third-order valence-electron chi connectivity index (χ3n) is 3.45. The van der Waals surface area contributed by atoms with E-state index in [0.717, 1.165) is 6.08 Å². The van der Waals surface area contributed by atoms with Gasteiger partial charge in [-0.25, -0.2) is 14.2 Å². The Balaban J connectivity index is 1.56. The second-order valence-electron chi connectivity index (χ2n) is 5.43. The van der Waals surface area contributed by atoms with Gasteiger partial charge in [0.1, 0.15) is 11.3 Å². The highest BCUT2D eigenvalue weighted by molar-refractivity contribution is 5.96. The lowest BCUT2D eigenvalue weighted by atomic mass is 10.3. The molecule has 7 heteroatoms. The highest BCUT2D eigenvalue weighted by Crippen LogP contribution is 2.15. The Morgan fingerprint density at radius 2 is 1.92 bits per heavy atom. The molecular weight excluding hydrogens is 339 g/mol. The lowest BCUT2D eigenvalue weighted by molar-refractivity contribution is -0.148. The van der Waals surface area contributed by atoms with Crippen LogP contribution in [0, 0.1) is 5.82 Å². The van der Waals surface area contributed by atoms with Crippen molar-refractivity contribution < 1.29 is 23.1 Å². The van der Waals surface area contributed by atoms with Gasteiger partial charge in [0.15, 0.2) is 11.7 Å². The maximum absolute atomic E-state index is 12.8. The van der Waals surface area contributed by atoms with Crippen LogP contribution in [0.5, 0.6) is 0 Å². The standard InChI is InChI=1S/C19H15FN2O4/c1-12(19(24)21-14-8-6-13(20)7-9-14)25-18(23)11-10-17-22-15-4-2-3-5-16(15)26-17/h2-12H,1H3,(H,21,24)/b11-10+/t12-/m1/s1. The zero-order chi connectivity index (χ0) is 18.5. The number of rotatable bonds is 5. The number of ether oxygens (including phenoxy) is 1. The predicted octanol–water partition coefficient (Wildman–Crippen LogP) is 3.55. The number of carbonyl (C=O) groups is 2. The van der Waals surface area contributed by atoms with Crippen LogP contribution in [0.4, 0.5) is 10.1 Å². The van der Waals surface area contributed by atoms with Crippen LogP contribution < -0.4 is 5.32 Å². The number of halogens is 1. The third kappa shape index (κ3) is 4.32. The molecular formula is C19H15FN2O4. The van der Waals surface area contributed by atoms with E-state index in [4.69, 9.17) is 9.15 Å². The number of esters is 1. The highest BCUT2D eigenvalue weighted by atomic mass is 19.1. The molecule has 0 aliphatic heterocycles. The van der Waals surface area contributed by atoms with Gasteiger partial charge in [-0.3, -0.25) is 4.79 Å². The first kappa shape index (κ1) is 17.3. The minimum absolute atomic E-state index is 0.256. The first-order valence-electron chi connectivity index (χ1n) is 7.82. The number of benzene rings is 2. The number of anilines is 1. The van der Waals surface area contributed by atoms with Crippen molar-refractivity contribution in [2.24, 2.45) is 0 Å². The van der Waals surface area contributed by atoms with E-state index in [1.165, 1.54) is 37.3 Å². The summed E-state index contributed by atoms with van der Waals surface area (Å²) < 4.78 is 23.3.